The van der Waals surface area contributed by atoms with Crippen molar-refractivity contribution in [3.05, 3.63) is 30.1 Å². The number of nitrogens with zero attached hydrogens (tertiary/aromatic N) is 6. The Balaban J connectivity index is 1.57. The second kappa shape index (κ2) is 6.36. The lowest BCUT2D eigenvalue weighted by Gasteiger charge is -2.31. The maximum atomic E-state index is 9.09. The summed E-state index contributed by atoms with van der Waals surface area (Å²) in [5.41, 5.74) is 1.25. The normalized spacial score (nSPS) is 17.4. The van der Waals surface area contributed by atoms with Crippen LogP contribution in [0.4, 0.5) is 0 Å². The minimum Gasteiger partial charge on any atom is -0.394 e. The van der Waals surface area contributed by atoms with Gasteiger partial charge in [0.1, 0.15) is 12.2 Å². The lowest BCUT2D eigenvalue weighted by atomic mass is 9.93. The number of likely N-dealkylation sites (tertiary alicyclic amines) is 1. The first-order valence-electron chi connectivity index (χ1n) is 7.45. The van der Waals surface area contributed by atoms with Crippen LogP contribution < -0.4 is 0 Å². The molecule has 0 atom stereocenters. The molecule has 0 aliphatic carbocycles. The fourth-order valence-electron chi connectivity index (χ4n) is 3.01. The van der Waals surface area contributed by atoms with E-state index in [-0.39, 0.29) is 6.61 Å². The number of aliphatic hydroxyl groups excluding tert-OH is 1. The van der Waals surface area contributed by atoms with E-state index in [1.165, 1.54) is 5.69 Å². The van der Waals surface area contributed by atoms with Gasteiger partial charge in [0.25, 0.3) is 0 Å². The second-order valence-corrected chi connectivity index (χ2v) is 5.61. The molecule has 114 valence electrons. The summed E-state index contributed by atoms with van der Waals surface area (Å²) in [5, 5.41) is 21.5. The van der Waals surface area contributed by atoms with Crippen LogP contribution in [0, 0.1) is 0 Å². The number of aryl methyl sites for hydroxylation is 1. The number of piperidine rings is 1. The van der Waals surface area contributed by atoms with Crippen LogP contribution >= 0.6 is 0 Å². The Morgan fingerprint density at radius 3 is 2.81 bits per heavy atom. The van der Waals surface area contributed by atoms with Crippen molar-refractivity contribution in [3.8, 4) is 0 Å². The van der Waals surface area contributed by atoms with E-state index in [0.29, 0.717) is 12.5 Å². The summed E-state index contributed by atoms with van der Waals surface area (Å²) in [6.45, 7) is 3.70. The molecule has 0 unspecified atom stereocenters. The molecule has 3 rings (SSSR count). The third-order valence-electron chi connectivity index (χ3n) is 4.24. The van der Waals surface area contributed by atoms with Gasteiger partial charge < -0.3 is 9.67 Å². The standard InChI is InChI=1S/C14H22N6O/c1-18-11-15-17-14(18)10-19-6-3-12(4-7-19)13-2-5-16-20(13)8-9-21/h2,5,11-12,21H,3-4,6-10H2,1H3. The number of aromatic nitrogens is 5. The summed E-state index contributed by atoms with van der Waals surface area (Å²) in [6, 6.07) is 2.08. The van der Waals surface area contributed by atoms with Gasteiger partial charge >= 0.3 is 0 Å². The highest BCUT2D eigenvalue weighted by Crippen LogP contribution is 2.28. The molecule has 1 aliphatic rings. The van der Waals surface area contributed by atoms with Gasteiger partial charge in [0, 0.05) is 24.9 Å². The van der Waals surface area contributed by atoms with Crippen LogP contribution in [0.1, 0.15) is 30.3 Å². The zero-order valence-corrected chi connectivity index (χ0v) is 12.4. The lowest BCUT2D eigenvalue weighted by molar-refractivity contribution is 0.193. The molecule has 1 fully saturated rings. The van der Waals surface area contributed by atoms with Gasteiger partial charge in [-0.1, -0.05) is 0 Å². The van der Waals surface area contributed by atoms with Crippen molar-refractivity contribution in [1.82, 2.24) is 29.4 Å². The molecule has 0 spiro atoms. The summed E-state index contributed by atoms with van der Waals surface area (Å²) in [4.78, 5) is 2.42. The average Bonchev–Trinajstić information content (AvgIpc) is 3.10. The molecule has 1 aliphatic heterocycles. The Labute approximate surface area is 124 Å². The quantitative estimate of drug-likeness (QED) is 0.862. The van der Waals surface area contributed by atoms with Gasteiger partial charge in [-0.2, -0.15) is 5.10 Å². The highest BCUT2D eigenvalue weighted by atomic mass is 16.3. The molecule has 0 radical (unpaired) electrons. The fourth-order valence-corrected chi connectivity index (χ4v) is 3.01. The van der Waals surface area contributed by atoms with Gasteiger partial charge in [-0.15, -0.1) is 10.2 Å². The summed E-state index contributed by atoms with van der Waals surface area (Å²) < 4.78 is 3.91. The van der Waals surface area contributed by atoms with Gasteiger partial charge in [0.15, 0.2) is 0 Å². The van der Waals surface area contributed by atoms with Gasteiger partial charge in [-0.05, 0) is 32.0 Å². The maximum Gasteiger partial charge on any atom is 0.146 e. The Hall–Kier alpha value is -1.73. The van der Waals surface area contributed by atoms with Crippen LogP contribution in [0.2, 0.25) is 0 Å². The Morgan fingerprint density at radius 2 is 2.14 bits per heavy atom. The monoisotopic (exact) mass is 290 g/mol. The van der Waals surface area contributed by atoms with E-state index >= 15 is 0 Å². The molecule has 1 saturated heterocycles. The third-order valence-corrected chi connectivity index (χ3v) is 4.24. The largest absolute Gasteiger partial charge is 0.394 e. The first-order chi connectivity index (χ1) is 10.3. The number of aliphatic hydroxyl groups is 1. The Morgan fingerprint density at radius 1 is 1.33 bits per heavy atom. The van der Waals surface area contributed by atoms with E-state index in [2.05, 4.69) is 26.3 Å². The van der Waals surface area contributed by atoms with Crippen molar-refractivity contribution in [2.45, 2.75) is 31.8 Å². The van der Waals surface area contributed by atoms with E-state index < -0.39 is 0 Å². The molecule has 21 heavy (non-hydrogen) atoms. The molecular weight excluding hydrogens is 268 g/mol. The summed E-state index contributed by atoms with van der Waals surface area (Å²) in [5.74, 6) is 1.55. The molecule has 0 aromatic carbocycles. The van der Waals surface area contributed by atoms with E-state index in [4.69, 9.17) is 5.11 Å². The minimum absolute atomic E-state index is 0.139. The zero-order valence-electron chi connectivity index (χ0n) is 12.4. The van der Waals surface area contributed by atoms with Gasteiger partial charge in [-0.25, -0.2) is 0 Å². The van der Waals surface area contributed by atoms with Gasteiger partial charge in [0.2, 0.25) is 0 Å². The first kappa shape index (κ1) is 14.2. The summed E-state index contributed by atoms with van der Waals surface area (Å²) in [7, 11) is 1.98. The molecule has 7 nitrogen and oxygen atoms in total. The highest BCUT2D eigenvalue weighted by Gasteiger charge is 2.23. The van der Waals surface area contributed by atoms with Crippen LogP contribution in [-0.4, -0.2) is 54.2 Å². The van der Waals surface area contributed by atoms with Crippen LogP contribution in [0.15, 0.2) is 18.6 Å². The van der Waals surface area contributed by atoms with E-state index in [1.54, 1.807) is 6.33 Å². The van der Waals surface area contributed by atoms with Crippen molar-refractivity contribution < 1.29 is 5.11 Å². The van der Waals surface area contributed by atoms with Crippen LogP contribution in [0.3, 0.4) is 0 Å². The Kier molecular flexibility index (Phi) is 4.31. The number of hydrogen-bond acceptors (Lipinski definition) is 5. The average molecular weight is 290 g/mol. The first-order valence-corrected chi connectivity index (χ1v) is 7.45. The summed E-state index contributed by atoms with van der Waals surface area (Å²) in [6.07, 6.45) is 5.82. The SMILES string of the molecule is Cn1cnnc1CN1CCC(c2ccnn2CCO)CC1. The molecule has 1 N–H and O–H groups in total. The van der Waals surface area contributed by atoms with Crippen LogP contribution in [-0.2, 0) is 20.1 Å². The van der Waals surface area contributed by atoms with E-state index in [0.717, 1.165) is 38.3 Å². The smallest absolute Gasteiger partial charge is 0.146 e. The molecular formula is C14H22N6O. The second-order valence-electron chi connectivity index (χ2n) is 5.61. The molecule has 0 saturated carbocycles. The third kappa shape index (κ3) is 3.14. The van der Waals surface area contributed by atoms with Crippen molar-refractivity contribution in [2.75, 3.05) is 19.7 Å². The molecule has 0 amide bonds. The fraction of sp³-hybridized carbons (Fsp3) is 0.643. The molecule has 2 aromatic heterocycles. The molecule has 3 heterocycles. The maximum absolute atomic E-state index is 9.09. The van der Waals surface area contributed by atoms with Crippen molar-refractivity contribution in [3.63, 3.8) is 0 Å². The van der Waals surface area contributed by atoms with E-state index in [1.807, 2.05) is 22.5 Å². The van der Waals surface area contributed by atoms with Gasteiger partial charge in [-0.3, -0.25) is 9.58 Å². The Bertz CT molecular complexity index is 570. The summed E-state index contributed by atoms with van der Waals surface area (Å²) >= 11 is 0. The molecule has 7 heteroatoms. The topological polar surface area (TPSA) is 72.0 Å². The lowest BCUT2D eigenvalue weighted by Crippen LogP contribution is -2.34. The van der Waals surface area contributed by atoms with Crippen LogP contribution in [0.25, 0.3) is 0 Å². The van der Waals surface area contributed by atoms with Crippen LogP contribution in [0.5, 0.6) is 0 Å². The molecule has 2 aromatic rings. The predicted molar refractivity (Wildman–Crippen MR) is 77.6 cm³/mol. The van der Waals surface area contributed by atoms with Crippen molar-refractivity contribution in [2.24, 2.45) is 7.05 Å². The number of hydrogen-bond donors (Lipinski definition) is 1. The zero-order chi connectivity index (χ0) is 14.7. The van der Waals surface area contributed by atoms with E-state index in [9.17, 15) is 0 Å². The van der Waals surface area contributed by atoms with Crippen molar-refractivity contribution in [1.29, 1.82) is 0 Å². The number of rotatable bonds is 5. The van der Waals surface area contributed by atoms with Crippen molar-refractivity contribution >= 4 is 0 Å². The predicted octanol–water partition coefficient (Wildman–Crippen LogP) is 0.383. The minimum atomic E-state index is 0.139. The molecule has 0 bridgehead atoms. The van der Waals surface area contributed by atoms with Gasteiger partial charge in [0.05, 0.1) is 19.7 Å². The highest BCUT2D eigenvalue weighted by molar-refractivity contribution is 5.09.